The van der Waals surface area contributed by atoms with Gasteiger partial charge in [0.1, 0.15) is 0 Å². The molecule has 2 aromatic carbocycles. The first-order valence-corrected chi connectivity index (χ1v) is 10.1. The number of methoxy groups -OCH3 is 2. The fourth-order valence-electron chi connectivity index (χ4n) is 3.58. The second-order valence-corrected chi connectivity index (χ2v) is 7.38. The topological polar surface area (TPSA) is 97.0 Å². The van der Waals surface area contributed by atoms with E-state index in [1.807, 2.05) is 0 Å². The summed E-state index contributed by atoms with van der Waals surface area (Å²) in [6, 6.07) is 12.1. The third kappa shape index (κ3) is 5.53. The summed E-state index contributed by atoms with van der Waals surface area (Å²) in [5.74, 6) is 0.612. The lowest BCUT2D eigenvalue weighted by Crippen LogP contribution is -2.41. The highest BCUT2D eigenvalue weighted by atomic mass is 16.5. The normalized spacial score (nSPS) is 14.0. The van der Waals surface area contributed by atoms with Crippen LogP contribution in [0.4, 0.5) is 11.4 Å². The van der Waals surface area contributed by atoms with Crippen molar-refractivity contribution < 1.29 is 23.9 Å². The molecule has 2 N–H and O–H groups in total. The summed E-state index contributed by atoms with van der Waals surface area (Å²) in [5, 5.41) is 5.60. The zero-order chi connectivity index (χ0) is 22.4. The molecular weight excluding hydrogens is 398 g/mol. The van der Waals surface area contributed by atoms with Gasteiger partial charge in [-0.05, 0) is 55.3 Å². The Labute approximate surface area is 181 Å². The zero-order valence-electron chi connectivity index (χ0n) is 17.9. The van der Waals surface area contributed by atoms with Crippen molar-refractivity contribution in [3.63, 3.8) is 0 Å². The molecule has 2 aromatic rings. The Hall–Kier alpha value is -3.55. The number of benzene rings is 2. The van der Waals surface area contributed by atoms with Crippen molar-refractivity contribution in [2.75, 3.05) is 37.9 Å². The molecule has 1 aliphatic rings. The maximum Gasteiger partial charge on any atom is 0.253 e. The van der Waals surface area contributed by atoms with E-state index in [9.17, 15) is 14.4 Å². The first-order valence-electron chi connectivity index (χ1n) is 10.1. The fraction of sp³-hybridized carbons (Fsp3) is 0.348. The highest BCUT2D eigenvalue weighted by molar-refractivity contribution is 5.96. The van der Waals surface area contributed by atoms with Crippen LogP contribution in [0.25, 0.3) is 0 Å². The fourth-order valence-corrected chi connectivity index (χ4v) is 3.58. The number of hydrogen-bond donors (Lipinski definition) is 2. The number of nitrogens with zero attached hydrogens (tertiary/aromatic N) is 1. The Balaban J connectivity index is 1.54. The van der Waals surface area contributed by atoms with Crippen LogP contribution in [0.3, 0.4) is 0 Å². The number of amides is 3. The summed E-state index contributed by atoms with van der Waals surface area (Å²) in [6.45, 7) is 2.46. The van der Waals surface area contributed by atoms with Gasteiger partial charge < -0.3 is 25.0 Å². The summed E-state index contributed by atoms with van der Waals surface area (Å²) in [6.07, 6.45) is 1.18. The van der Waals surface area contributed by atoms with Gasteiger partial charge in [-0.25, -0.2) is 0 Å². The molecule has 8 nitrogen and oxygen atoms in total. The molecule has 0 radical (unpaired) electrons. The van der Waals surface area contributed by atoms with Crippen LogP contribution < -0.4 is 20.1 Å². The van der Waals surface area contributed by atoms with E-state index < -0.39 is 0 Å². The third-order valence-electron chi connectivity index (χ3n) is 5.26. The first-order chi connectivity index (χ1) is 14.9. The van der Waals surface area contributed by atoms with Crippen LogP contribution in [0.5, 0.6) is 11.5 Å². The molecule has 0 unspecified atom stereocenters. The van der Waals surface area contributed by atoms with Crippen molar-refractivity contribution in [1.82, 2.24) is 4.90 Å². The van der Waals surface area contributed by atoms with Crippen molar-refractivity contribution in [2.45, 2.75) is 19.8 Å². The number of rotatable bonds is 6. The van der Waals surface area contributed by atoms with Crippen LogP contribution in [-0.4, -0.2) is 49.9 Å². The summed E-state index contributed by atoms with van der Waals surface area (Å²) in [4.78, 5) is 38.3. The van der Waals surface area contributed by atoms with Crippen LogP contribution in [0.1, 0.15) is 30.1 Å². The van der Waals surface area contributed by atoms with E-state index in [0.717, 1.165) is 0 Å². The number of anilines is 2. The summed E-state index contributed by atoms with van der Waals surface area (Å²) in [5.41, 5.74) is 1.87. The second kappa shape index (κ2) is 9.97. The van der Waals surface area contributed by atoms with Crippen molar-refractivity contribution in [1.29, 1.82) is 0 Å². The second-order valence-electron chi connectivity index (χ2n) is 7.38. The minimum atomic E-state index is -0.163. The van der Waals surface area contributed by atoms with Gasteiger partial charge in [-0.2, -0.15) is 0 Å². The number of hydrogen-bond acceptors (Lipinski definition) is 5. The molecule has 0 aromatic heterocycles. The Morgan fingerprint density at radius 3 is 2.00 bits per heavy atom. The molecule has 1 saturated heterocycles. The molecule has 0 atom stereocenters. The molecule has 1 aliphatic heterocycles. The van der Waals surface area contributed by atoms with Crippen molar-refractivity contribution >= 4 is 29.1 Å². The van der Waals surface area contributed by atoms with Gasteiger partial charge in [-0.1, -0.05) is 0 Å². The van der Waals surface area contributed by atoms with Crippen molar-refractivity contribution in [3.8, 4) is 11.5 Å². The summed E-state index contributed by atoms with van der Waals surface area (Å²) in [7, 11) is 3.08. The molecule has 0 bridgehead atoms. The number of carbonyl (C=O) groups excluding carboxylic acids is 3. The molecule has 3 rings (SSSR count). The minimum absolute atomic E-state index is 0.0644. The average molecular weight is 425 g/mol. The van der Waals surface area contributed by atoms with Crippen molar-refractivity contribution in [2.24, 2.45) is 5.92 Å². The van der Waals surface area contributed by atoms with Gasteiger partial charge in [-0.15, -0.1) is 0 Å². The maximum atomic E-state index is 12.8. The van der Waals surface area contributed by atoms with Crippen molar-refractivity contribution in [3.05, 3.63) is 48.0 Å². The van der Waals surface area contributed by atoms with Crippen LogP contribution in [0, 0.1) is 5.92 Å². The molecule has 1 fully saturated rings. The maximum absolute atomic E-state index is 12.8. The lowest BCUT2D eigenvalue weighted by molar-refractivity contribution is -0.121. The smallest absolute Gasteiger partial charge is 0.253 e. The predicted octanol–water partition coefficient (Wildman–Crippen LogP) is 3.15. The standard InChI is InChI=1S/C23H27N3O5/c1-15(27)24-18-5-7-19(8-6-18)25-22(28)16-10-12-26(13-11-16)23(29)17-4-9-20(30-2)21(14-17)31-3/h4-9,14,16H,10-13H2,1-3H3,(H,24,27)(H,25,28). The van der Waals surface area contributed by atoms with Crippen LogP contribution >= 0.6 is 0 Å². The minimum Gasteiger partial charge on any atom is -0.493 e. The predicted molar refractivity (Wildman–Crippen MR) is 118 cm³/mol. The van der Waals surface area contributed by atoms with Gasteiger partial charge in [0.25, 0.3) is 5.91 Å². The van der Waals surface area contributed by atoms with Crippen LogP contribution in [0.2, 0.25) is 0 Å². The number of ether oxygens (including phenoxy) is 2. The largest absolute Gasteiger partial charge is 0.493 e. The number of piperidine rings is 1. The quantitative estimate of drug-likeness (QED) is 0.741. The van der Waals surface area contributed by atoms with Gasteiger partial charge >= 0.3 is 0 Å². The lowest BCUT2D eigenvalue weighted by Gasteiger charge is -2.31. The Kier molecular flexibility index (Phi) is 7.12. The van der Waals surface area contributed by atoms with Gasteiger partial charge in [0.05, 0.1) is 14.2 Å². The number of carbonyl (C=O) groups is 3. The molecule has 31 heavy (non-hydrogen) atoms. The molecule has 0 saturated carbocycles. The van der Waals surface area contributed by atoms with Gasteiger partial charge in [-0.3, -0.25) is 14.4 Å². The molecular formula is C23H27N3O5. The van der Waals surface area contributed by atoms with Gasteiger partial charge in [0.2, 0.25) is 11.8 Å². The summed E-state index contributed by atoms with van der Waals surface area (Å²) >= 11 is 0. The molecule has 3 amide bonds. The summed E-state index contributed by atoms with van der Waals surface area (Å²) < 4.78 is 10.5. The lowest BCUT2D eigenvalue weighted by atomic mass is 9.95. The first kappa shape index (κ1) is 22.1. The highest BCUT2D eigenvalue weighted by Crippen LogP contribution is 2.29. The highest BCUT2D eigenvalue weighted by Gasteiger charge is 2.28. The molecule has 1 heterocycles. The van der Waals surface area contributed by atoms with E-state index in [1.54, 1.807) is 54.5 Å². The number of nitrogens with one attached hydrogen (secondary N) is 2. The number of likely N-dealkylation sites (tertiary alicyclic amines) is 1. The zero-order valence-corrected chi connectivity index (χ0v) is 17.9. The third-order valence-corrected chi connectivity index (χ3v) is 5.26. The molecule has 8 heteroatoms. The average Bonchev–Trinajstić information content (AvgIpc) is 2.79. The monoisotopic (exact) mass is 425 g/mol. The van der Waals surface area contributed by atoms with E-state index in [1.165, 1.54) is 14.0 Å². The SMILES string of the molecule is COc1ccc(C(=O)N2CCC(C(=O)Nc3ccc(NC(C)=O)cc3)CC2)cc1OC. The Morgan fingerprint density at radius 2 is 1.45 bits per heavy atom. The van der Waals surface area contributed by atoms with Gasteiger partial charge in [0.15, 0.2) is 11.5 Å². The van der Waals surface area contributed by atoms with Gasteiger partial charge in [0, 0.05) is 42.9 Å². The molecule has 0 spiro atoms. The Morgan fingerprint density at radius 1 is 0.871 bits per heavy atom. The van der Waals surface area contributed by atoms with E-state index in [-0.39, 0.29) is 23.6 Å². The Bertz CT molecular complexity index is 950. The molecule has 0 aliphatic carbocycles. The van der Waals surface area contributed by atoms with E-state index in [4.69, 9.17) is 9.47 Å². The van der Waals surface area contributed by atoms with Crippen LogP contribution in [-0.2, 0) is 9.59 Å². The van der Waals surface area contributed by atoms with Crippen LogP contribution in [0.15, 0.2) is 42.5 Å². The van der Waals surface area contributed by atoms with E-state index in [2.05, 4.69) is 10.6 Å². The molecule has 164 valence electrons. The van der Waals surface area contributed by atoms with E-state index in [0.29, 0.717) is 54.4 Å². The van der Waals surface area contributed by atoms with E-state index >= 15 is 0 Å².